The van der Waals surface area contributed by atoms with Gasteiger partial charge in [-0.05, 0) is 67.9 Å². The molecule has 0 saturated carbocycles. The van der Waals surface area contributed by atoms with Gasteiger partial charge in [0.1, 0.15) is 5.52 Å². The van der Waals surface area contributed by atoms with Crippen molar-refractivity contribution in [3.8, 4) is 11.5 Å². The highest BCUT2D eigenvalue weighted by molar-refractivity contribution is 5.93. The average Bonchev–Trinajstić information content (AvgIpc) is 3.19. The molecule has 0 unspecified atom stereocenters. The van der Waals surface area contributed by atoms with Crippen molar-refractivity contribution in [2.45, 2.75) is 26.3 Å². The van der Waals surface area contributed by atoms with Gasteiger partial charge in [-0.2, -0.15) is 0 Å². The van der Waals surface area contributed by atoms with Crippen LogP contribution in [-0.2, 0) is 0 Å². The van der Waals surface area contributed by atoms with Gasteiger partial charge >= 0.3 is 0 Å². The van der Waals surface area contributed by atoms with Crippen LogP contribution in [-0.4, -0.2) is 10.5 Å². The summed E-state index contributed by atoms with van der Waals surface area (Å²) in [5.41, 5.74) is 4.64. The third-order valence-corrected chi connectivity index (χ3v) is 5.32. The van der Waals surface area contributed by atoms with Gasteiger partial charge < -0.3 is 9.32 Å². The number of hydrogen-bond donors (Lipinski definition) is 0. The topological polar surface area (TPSA) is 29.3 Å². The van der Waals surface area contributed by atoms with Crippen LogP contribution < -0.4 is 4.90 Å². The van der Waals surface area contributed by atoms with Gasteiger partial charge in [0, 0.05) is 16.8 Å². The molecule has 0 radical (unpaired) electrons. The standard InChI is InChI=1S/C27H24N2O/c1-27(2,3)29(22-17-16-19-10-7-8-13-21(19)18-22)24-15-9-14-23-25(24)30-26(28-23)20-11-5-4-6-12-20/h4-18H,1-3H3. The van der Waals surface area contributed by atoms with E-state index in [-0.39, 0.29) is 5.54 Å². The molecule has 3 heteroatoms. The monoisotopic (exact) mass is 392 g/mol. The lowest BCUT2D eigenvalue weighted by Gasteiger charge is -2.37. The van der Waals surface area contributed by atoms with E-state index in [2.05, 4.69) is 80.3 Å². The number of nitrogens with zero attached hydrogens (tertiary/aromatic N) is 2. The van der Waals surface area contributed by atoms with Gasteiger partial charge in [-0.25, -0.2) is 4.98 Å². The van der Waals surface area contributed by atoms with Crippen LogP contribution in [0.5, 0.6) is 0 Å². The Hall–Kier alpha value is -3.59. The molecule has 3 nitrogen and oxygen atoms in total. The summed E-state index contributed by atoms with van der Waals surface area (Å²) in [5.74, 6) is 0.644. The molecule has 4 aromatic carbocycles. The Morgan fingerprint density at radius 1 is 0.733 bits per heavy atom. The second kappa shape index (κ2) is 7.03. The molecule has 0 aliphatic carbocycles. The summed E-state index contributed by atoms with van der Waals surface area (Å²) in [6.45, 7) is 6.65. The molecule has 5 rings (SSSR count). The zero-order valence-corrected chi connectivity index (χ0v) is 17.5. The van der Waals surface area contributed by atoms with Gasteiger partial charge in [-0.1, -0.05) is 54.6 Å². The maximum Gasteiger partial charge on any atom is 0.227 e. The quantitative estimate of drug-likeness (QED) is 0.317. The number of hydrogen-bond acceptors (Lipinski definition) is 3. The zero-order chi connectivity index (χ0) is 20.7. The van der Waals surface area contributed by atoms with Gasteiger partial charge in [0.25, 0.3) is 0 Å². The lowest BCUT2D eigenvalue weighted by Crippen LogP contribution is -2.37. The van der Waals surface area contributed by atoms with E-state index in [1.165, 1.54) is 10.8 Å². The normalized spacial score (nSPS) is 11.8. The van der Waals surface area contributed by atoms with Crippen LogP contribution >= 0.6 is 0 Å². The molecule has 0 N–H and O–H groups in total. The van der Waals surface area contributed by atoms with Crippen LogP contribution in [0.2, 0.25) is 0 Å². The van der Waals surface area contributed by atoms with Crippen LogP contribution in [0.3, 0.4) is 0 Å². The molecule has 0 fully saturated rings. The predicted molar refractivity (Wildman–Crippen MR) is 125 cm³/mol. The molecule has 0 spiro atoms. The van der Waals surface area contributed by atoms with Crippen LogP contribution in [0, 0.1) is 0 Å². The summed E-state index contributed by atoms with van der Waals surface area (Å²) in [5, 5.41) is 2.46. The van der Waals surface area contributed by atoms with Gasteiger partial charge in [0.05, 0.1) is 5.69 Å². The minimum Gasteiger partial charge on any atom is -0.434 e. The fourth-order valence-electron chi connectivity index (χ4n) is 4.02. The first-order valence-electron chi connectivity index (χ1n) is 10.2. The SMILES string of the molecule is CC(C)(C)N(c1ccc2ccccc2c1)c1cccc2nc(-c3ccccc3)oc12. The fraction of sp³-hybridized carbons (Fsp3) is 0.148. The number of benzene rings is 4. The minimum atomic E-state index is -0.156. The van der Waals surface area contributed by atoms with Gasteiger partial charge in [-0.15, -0.1) is 0 Å². The van der Waals surface area contributed by atoms with Crippen molar-refractivity contribution in [2.24, 2.45) is 0 Å². The number of fused-ring (bicyclic) bond motifs is 2. The summed E-state index contributed by atoms with van der Waals surface area (Å²) in [7, 11) is 0. The highest BCUT2D eigenvalue weighted by atomic mass is 16.3. The first-order chi connectivity index (χ1) is 14.5. The van der Waals surface area contributed by atoms with E-state index in [1.807, 2.05) is 36.4 Å². The average molecular weight is 393 g/mol. The van der Waals surface area contributed by atoms with E-state index in [4.69, 9.17) is 9.40 Å². The maximum absolute atomic E-state index is 6.32. The molecule has 0 saturated heterocycles. The molecule has 5 aromatic rings. The highest BCUT2D eigenvalue weighted by Crippen LogP contribution is 2.40. The number of aromatic nitrogens is 1. The summed E-state index contributed by atoms with van der Waals surface area (Å²) in [6, 6.07) is 31.3. The van der Waals surface area contributed by atoms with E-state index in [0.717, 1.165) is 28.0 Å². The number of para-hydroxylation sites is 1. The fourth-order valence-corrected chi connectivity index (χ4v) is 4.02. The summed E-state index contributed by atoms with van der Waals surface area (Å²) >= 11 is 0. The van der Waals surface area contributed by atoms with Crippen molar-refractivity contribution in [1.82, 2.24) is 4.98 Å². The Morgan fingerprint density at radius 2 is 1.47 bits per heavy atom. The molecule has 0 amide bonds. The van der Waals surface area contributed by atoms with Crippen LogP contribution in [0.4, 0.5) is 11.4 Å². The molecular formula is C27H24N2O. The predicted octanol–water partition coefficient (Wildman–Crippen LogP) is 7.58. The van der Waals surface area contributed by atoms with Crippen molar-refractivity contribution in [1.29, 1.82) is 0 Å². The number of anilines is 2. The van der Waals surface area contributed by atoms with Crippen LogP contribution in [0.25, 0.3) is 33.3 Å². The lowest BCUT2D eigenvalue weighted by atomic mass is 10.0. The second-order valence-corrected chi connectivity index (χ2v) is 8.55. The van der Waals surface area contributed by atoms with Crippen LogP contribution in [0.15, 0.2) is 95.4 Å². The Kier molecular flexibility index (Phi) is 4.32. The third-order valence-electron chi connectivity index (χ3n) is 5.32. The molecule has 0 aliphatic heterocycles. The first kappa shape index (κ1) is 18.4. The molecular weight excluding hydrogens is 368 g/mol. The van der Waals surface area contributed by atoms with Crippen molar-refractivity contribution in [3.05, 3.63) is 91.0 Å². The van der Waals surface area contributed by atoms with E-state index >= 15 is 0 Å². The van der Waals surface area contributed by atoms with Crippen molar-refractivity contribution >= 4 is 33.2 Å². The van der Waals surface area contributed by atoms with E-state index < -0.39 is 0 Å². The molecule has 0 bridgehead atoms. The van der Waals surface area contributed by atoms with E-state index in [1.54, 1.807) is 0 Å². The first-order valence-corrected chi connectivity index (χ1v) is 10.2. The lowest BCUT2D eigenvalue weighted by molar-refractivity contribution is 0.554. The van der Waals surface area contributed by atoms with Crippen LogP contribution in [0.1, 0.15) is 20.8 Å². The van der Waals surface area contributed by atoms with Gasteiger partial charge in [-0.3, -0.25) is 0 Å². The van der Waals surface area contributed by atoms with E-state index in [0.29, 0.717) is 5.89 Å². The number of rotatable bonds is 3. The van der Waals surface area contributed by atoms with Gasteiger partial charge in [0.15, 0.2) is 5.58 Å². The Morgan fingerprint density at radius 3 is 2.23 bits per heavy atom. The molecule has 148 valence electrons. The molecule has 1 heterocycles. The molecule has 30 heavy (non-hydrogen) atoms. The molecule has 0 aliphatic rings. The smallest absolute Gasteiger partial charge is 0.227 e. The van der Waals surface area contributed by atoms with Crippen molar-refractivity contribution < 1.29 is 4.42 Å². The minimum absolute atomic E-state index is 0.156. The molecule has 1 aromatic heterocycles. The summed E-state index contributed by atoms with van der Waals surface area (Å²) < 4.78 is 6.32. The van der Waals surface area contributed by atoms with Gasteiger partial charge in [0.2, 0.25) is 5.89 Å². The highest BCUT2D eigenvalue weighted by Gasteiger charge is 2.27. The van der Waals surface area contributed by atoms with E-state index in [9.17, 15) is 0 Å². The van der Waals surface area contributed by atoms with Crippen molar-refractivity contribution in [3.63, 3.8) is 0 Å². The largest absolute Gasteiger partial charge is 0.434 e. The summed E-state index contributed by atoms with van der Waals surface area (Å²) in [4.78, 5) is 7.09. The Balaban J connectivity index is 1.70. The van der Waals surface area contributed by atoms with Crippen molar-refractivity contribution in [2.75, 3.05) is 4.90 Å². The summed E-state index contributed by atoms with van der Waals surface area (Å²) in [6.07, 6.45) is 0. The number of oxazole rings is 1. The Bertz CT molecular complexity index is 1330. The second-order valence-electron chi connectivity index (χ2n) is 8.55. The third kappa shape index (κ3) is 3.22. The molecule has 0 atom stereocenters. The zero-order valence-electron chi connectivity index (χ0n) is 17.5. The maximum atomic E-state index is 6.32. The Labute approximate surface area is 176 Å².